The van der Waals surface area contributed by atoms with Gasteiger partial charge in [-0.2, -0.15) is 0 Å². The molecule has 0 atom stereocenters. The van der Waals surface area contributed by atoms with Crippen molar-refractivity contribution < 1.29 is 5.11 Å². The molecule has 14 heavy (non-hydrogen) atoms. The van der Waals surface area contributed by atoms with Crippen LogP contribution in [0.4, 0.5) is 0 Å². The van der Waals surface area contributed by atoms with Gasteiger partial charge in [-0.3, -0.25) is 0 Å². The van der Waals surface area contributed by atoms with Crippen LogP contribution in [0.2, 0.25) is 0 Å². The summed E-state index contributed by atoms with van der Waals surface area (Å²) in [6.45, 7) is 10.2. The Hall–Kier alpha value is -0.980. The van der Waals surface area contributed by atoms with Gasteiger partial charge < -0.3 is 5.11 Å². The number of hydrogen-bond acceptors (Lipinski definition) is 1. The molecule has 0 aliphatic carbocycles. The van der Waals surface area contributed by atoms with Gasteiger partial charge in [0, 0.05) is 0 Å². The van der Waals surface area contributed by atoms with Crippen LogP contribution in [-0.2, 0) is 6.42 Å². The largest absolute Gasteiger partial charge is 0.508 e. The third-order valence-electron chi connectivity index (χ3n) is 2.17. The van der Waals surface area contributed by atoms with E-state index in [1.165, 1.54) is 11.1 Å². The third kappa shape index (κ3) is 3.41. The van der Waals surface area contributed by atoms with Crippen molar-refractivity contribution in [3.63, 3.8) is 0 Å². The van der Waals surface area contributed by atoms with Crippen LogP contribution in [-0.4, -0.2) is 5.11 Å². The van der Waals surface area contributed by atoms with Gasteiger partial charge in [0.25, 0.3) is 0 Å². The van der Waals surface area contributed by atoms with Crippen molar-refractivity contribution >= 4 is 0 Å². The minimum absolute atomic E-state index is 0.410. The Bertz CT molecular complexity index is 277. The molecule has 0 heterocycles. The first-order valence-electron chi connectivity index (χ1n) is 5.44. The molecule has 0 aliphatic rings. The predicted molar refractivity (Wildman–Crippen MR) is 62.9 cm³/mol. The SMILES string of the molecule is CC.CCCc1cc(C)c(O)cc1C. The van der Waals surface area contributed by atoms with Crippen LogP contribution in [0.15, 0.2) is 12.1 Å². The van der Waals surface area contributed by atoms with Crippen molar-refractivity contribution in [2.24, 2.45) is 0 Å². The van der Waals surface area contributed by atoms with E-state index < -0.39 is 0 Å². The molecule has 0 bridgehead atoms. The fraction of sp³-hybridized carbons (Fsp3) is 0.538. The summed E-state index contributed by atoms with van der Waals surface area (Å²) in [6, 6.07) is 3.93. The van der Waals surface area contributed by atoms with E-state index in [0.29, 0.717) is 5.75 Å². The lowest BCUT2D eigenvalue weighted by molar-refractivity contribution is 0.470. The Morgan fingerprint density at radius 3 is 2.14 bits per heavy atom. The molecular weight excluding hydrogens is 172 g/mol. The number of rotatable bonds is 2. The highest BCUT2D eigenvalue weighted by Gasteiger charge is 2.01. The van der Waals surface area contributed by atoms with Crippen LogP contribution in [0.25, 0.3) is 0 Å². The number of aryl methyl sites for hydroxylation is 3. The first-order valence-corrected chi connectivity index (χ1v) is 5.44. The van der Waals surface area contributed by atoms with Gasteiger partial charge in [0.2, 0.25) is 0 Å². The highest BCUT2D eigenvalue weighted by Crippen LogP contribution is 2.21. The normalized spacial score (nSPS) is 9.21. The van der Waals surface area contributed by atoms with E-state index >= 15 is 0 Å². The van der Waals surface area contributed by atoms with Crippen LogP contribution >= 0.6 is 0 Å². The van der Waals surface area contributed by atoms with Crippen LogP contribution < -0.4 is 0 Å². The quantitative estimate of drug-likeness (QED) is 0.754. The molecule has 0 unspecified atom stereocenters. The van der Waals surface area contributed by atoms with Gasteiger partial charge in [-0.1, -0.05) is 33.3 Å². The molecule has 80 valence electrons. The summed E-state index contributed by atoms with van der Waals surface area (Å²) in [5, 5.41) is 9.39. The molecule has 0 aromatic heterocycles. The van der Waals surface area contributed by atoms with Gasteiger partial charge in [0.1, 0.15) is 5.75 Å². The molecular formula is C13H22O. The Balaban J connectivity index is 0.000000791. The van der Waals surface area contributed by atoms with E-state index in [1.54, 1.807) is 0 Å². The van der Waals surface area contributed by atoms with E-state index in [0.717, 1.165) is 18.4 Å². The third-order valence-corrected chi connectivity index (χ3v) is 2.17. The monoisotopic (exact) mass is 194 g/mol. The van der Waals surface area contributed by atoms with Gasteiger partial charge in [-0.25, -0.2) is 0 Å². The summed E-state index contributed by atoms with van der Waals surface area (Å²) in [4.78, 5) is 0. The molecule has 1 aromatic rings. The number of phenols is 1. The van der Waals surface area contributed by atoms with Crippen LogP contribution in [0, 0.1) is 13.8 Å². The second-order valence-corrected chi connectivity index (χ2v) is 3.32. The second-order valence-electron chi connectivity index (χ2n) is 3.32. The average Bonchev–Trinajstić information content (AvgIpc) is 2.18. The molecule has 0 saturated carbocycles. The molecule has 0 saturated heterocycles. The topological polar surface area (TPSA) is 20.2 Å². The molecule has 0 radical (unpaired) electrons. The predicted octanol–water partition coefficient (Wildman–Crippen LogP) is 3.99. The minimum Gasteiger partial charge on any atom is -0.508 e. The fourth-order valence-corrected chi connectivity index (χ4v) is 1.40. The lowest BCUT2D eigenvalue weighted by atomic mass is 10.0. The highest BCUT2D eigenvalue weighted by atomic mass is 16.3. The minimum atomic E-state index is 0.410. The van der Waals surface area contributed by atoms with Crippen LogP contribution in [0.1, 0.15) is 43.9 Å². The van der Waals surface area contributed by atoms with Crippen molar-refractivity contribution in [1.82, 2.24) is 0 Å². The van der Waals surface area contributed by atoms with E-state index in [1.807, 2.05) is 33.8 Å². The fourth-order valence-electron chi connectivity index (χ4n) is 1.40. The molecule has 1 N–H and O–H groups in total. The van der Waals surface area contributed by atoms with E-state index in [4.69, 9.17) is 0 Å². The molecule has 1 heteroatoms. The summed E-state index contributed by atoms with van der Waals surface area (Å²) in [5.74, 6) is 0.410. The van der Waals surface area contributed by atoms with E-state index in [9.17, 15) is 5.11 Å². The summed E-state index contributed by atoms with van der Waals surface area (Å²) in [7, 11) is 0. The maximum absolute atomic E-state index is 9.39. The Morgan fingerprint density at radius 1 is 1.07 bits per heavy atom. The smallest absolute Gasteiger partial charge is 0.118 e. The number of aromatic hydroxyl groups is 1. The number of benzene rings is 1. The summed E-state index contributed by atoms with van der Waals surface area (Å²) < 4.78 is 0. The standard InChI is InChI=1S/C11H16O.C2H6/c1-4-5-10-6-9(3)11(12)7-8(10)2;1-2/h6-7,12H,4-5H2,1-3H3;1-2H3. The van der Waals surface area contributed by atoms with Gasteiger partial charge >= 0.3 is 0 Å². The number of phenolic OH excluding ortho intramolecular Hbond substituents is 1. The van der Waals surface area contributed by atoms with Gasteiger partial charge in [-0.05, 0) is 43.0 Å². The molecule has 1 rings (SSSR count). The second kappa shape index (κ2) is 6.47. The van der Waals surface area contributed by atoms with Crippen molar-refractivity contribution in [3.05, 3.63) is 28.8 Å². The van der Waals surface area contributed by atoms with Gasteiger partial charge in [0.15, 0.2) is 0 Å². The molecule has 0 fully saturated rings. The molecule has 0 spiro atoms. The van der Waals surface area contributed by atoms with E-state index in [2.05, 4.69) is 13.0 Å². The Morgan fingerprint density at radius 2 is 1.64 bits per heavy atom. The van der Waals surface area contributed by atoms with Gasteiger partial charge in [0.05, 0.1) is 0 Å². The van der Waals surface area contributed by atoms with Crippen LogP contribution in [0.3, 0.4) is 0 Å². The van der Waals surface area contributed by atoms with Crippen molar-refractivity contribution in [2.45, 2.75) is 47.5 Å². The maximum Gasteiger partial charge on any atom is 0.118 e. The Labute approximate surface area is 87.8 Å². The summed E-state index contributed by atoms with van der Waals surface area (Å²) in [5.41, 5.74) is 3.52. The van der Waals surface area contributed by atoms with Crippen molar-refractivity contribution in [1.29, 1.82) is 0 Å². The maximum atomic E-state index is 9.39. The molecule has 0 amide bonds. The Kier molecular flexibility index (Phi) is 6.02. The zero-order valence-electron chi connectivity index (χ0n) is 10.0. The summed E-state index contributed by atoms with van der Waals surface area (Å²) >= 11 is 0. The van der Waals surface area contributed by atoms with Crippen LogP contribution in [0.5, 0.6) is 5.75 Å². The lowest BCUT2D eigenvalue weighted by Crippen LogP contribution is -1.89. The number of hydrogen-bond donors (Lipinski definition) is 1. The van der Waals surface area contributed by atoms with E-state index in [-0.39, 0.29) is 0 Å². The molecule has 0 aliphatic heterocycles. The highest BCUT2D eigenvalue weighted by molar-refractivity contribution is 5.40. The molecule has 1 nitrogen and oxygen atoms in total. The van der Waals surface area contributed by atoms with Gasteiger partial charge in [-0.15, -0.1) is 0 Å². The first kappa shape index (κ1) is 13.0. The van der Waals surface area contributed by atoms with Crippen molar-refractivity contribution in [2.75, 3.05) is 0 Å². The molecule has 1 aromatic carbocycles. The summed E-state index contributed by atoms with van der Waals surface area (Å²) in [6.07, 6.45) is 2.26. The average molecular weight is 194 g/mol. The zero-order valence-corrected chi connectivity index (χ0v) is 10.0. The van der Waals surface area contributed by atoms with Crippen molar-refractivity contribution in [3.8, 4) is 5.75 Å². The lowest BCUT2D eigenvalue weighted by Gasteiger charge is -2.07. The first-order chi connectivity index (χ1) is 6.65. The zero-order chi connectivity index (χ0) is 11.1.